The maximum absolute atomic E-state index is 12.4. The van der Waals surface area contributed by atoms with Crippen molar-refractivity contribution in [2.45, 2.75) is 26.9 Å². The first-order valence-electron chi connectivity index (χ1n) is 7.92. The molecule has 2 rings (SSSR count). The minimum Gasteiger partial charge on any atom is -0.493 e. The molecule has 2 N–H and O–H groups in total. The van der Waals surface area contributed by atoms with E-state index in [1.54, 1.807) is 42.5 Å². The van der Waals surface area contributed by atoms with Crippen LogP contribution in [0.4, 0.5) is 11.4 Å². The number of carbonyl (C=O) groups excluding carboxylic acids is 2. The smallest absolute Gasteiger partial charge is 0.255 e. The van der Waals surface area contributed by atoms with Gasteiger partial charge in [0, 0.05) is 23.9 Å². The lowest BCUT2D eigenvalue weighted by molar-refractivity contribution is -0.114. The molecule has 0 unspecified atom stereocenters. The number of anilines is 2. The van der Waals surface area contributed by atoms with Gasteiger partial charge in [-0.15, -0.1) is 0 Å². The average Bonchev–Trinajstić information content (AvgIpc) is 2.56. The Morgan fingerprint density at radius 1 is 0.920 bits per heavy atom. The fourth-order valence-electron chi connectivity index (χ4n) is 2.20. The molecule has 2 aromatic rings. The van der Waals surface area contributed by atoms with Crippen LogP contribution in [-0.4, -0.2) is 25.0 Å². The fraction of sp³-hybridized carbons (Fsp3) is 0.263. The highest BCUT2D eigenvalue weighted by Crippen LogP contribution is 2.29. The summed E-state index contributed by atoms with van der Waals surface area (Å²) in [6, 6.07) is 11.9. The minimum absolute atomic E-state index is 0.00991. The zero-order valence-electron chi connectivity index (χ0n) is 14.8. The standard InChI is InChI=1S/C19H22N2O4/c1-12(2)25-17-10-5-14(11-18(17)24-4)19(23)21-16-8-6-15(7-9-16)20-13(3)22/h5-12H,1-4H3,(H,20,22)(H,21,23). The van der Waals surface area contributed by atoms with E-state index in [2.05, 4.69) is 10.6 Å². The largest absolute Gasteiger partial charge is 0.493 e. The molecule has 0 bridgehead atoms. The normalized spacial score (nSPS) is 10.3. The molecule has 6 nitrogen and oxygen atoms in total. The highest BCUT2D eigenvalue weighted by atomic mass is 16.5. The summed E-state index contributed by atoms with van der Waals surface area (Å²) in [5.74, 6) is 0.685. The van der Waals surface area contributed by atoms with E-state index in [1.165, 1.54) is 14.0 Å². The Kier molecular flexibility index (Phi) is 6.00. The zero-order valence-corrected chi connectivity index (χ0v) is 14.8. The Balaban J connectivity index is 2.11. The molecule has 6 heteroatoms. The fourth-order valence-corrected chi connectivity index (χ4v) is 2.20. The quantitative estimate of drug-likeness (QED) is 0.839. The second-order valence-corrected chi connectivity index (χ2v) is 5.74. The van der Waals surface area contributed by atoms with Crippen LogP contribution in [-0.2, 0) is 4.79 Å². The number of amides is 2. The first-order valence-corrected chi connectivity index (χ1v) is 7.92. The molecular weight excluding hydrogens is 320 g/mol. The Labute approximate surface area is 147 Å². The van der Waals surface area contributed by atoms with Crippen molar-refractivity contribution in [3.05, 3.63) is 48.0 Å². The molecule has 2 aromatic carbocycles. The summed E-state index contributed by atoms with van der Waals surface area (Å²) in [6.07, 6.45) is 0.00991. The zero-order chi connectivity index (χ0) is 18.4. The van der Waals surface area contributed by atoms with Crippen LogP contribution in [0.3, 0.4) is 0 Å². The molecule has 0 aromatic heterocycles. The van der Waals surface area contributed by atoms with Gasteiger partial charge in [-0.1, -0.05) is 0 Å². The first-order chi connectivity index (χ1) is 11.9. The van der Waals surface area contributed by atoms with E-state index in [0.717, 1.165) is 0 Å². The highest BCUT2D eigenvalue weighted by molar-refractivity contribution is 6.04. The van der Waals surface area contributed by atoms with Crippen molar-refractivity contribution in [2.75, 3.05) is 17.7 Å². The van der Waals surface area contributed by atoms with Gasteiger partial charge in [0.25, 0.3) is 5.91 Å². The van der Waals surface area contributed by atoms with E-state index < -0.39 is 0 Å². The highest BCUT2D eigenvalue weighted by Gasteiger charge is 2.12. The SMILES string of the molecule is COc1cc(C(=O)Nc2ccc(NC(C)=O)cc2)ccc1OC(C)C. The monoisotopic (exact) mass is 342 g/mol. The van der Waals surface area contributed by atoms with Crippen LogP contribution in [0.25, 0.3) is 0 Å². The second-order valence-electron chi connectivity index (χ2n) is 5.74. The molecule has 0 saturated carbocycles. The van der Waals surface area contributed by atoms with E-state index in [1.807, 2.05) is 13.8 Å². The molecule has 0 saturated heterocycles. The van der Waals surface area contributed by atoms with Crippen molar-refractivity contribution >= 4 is 23.2 Å². The lowest BCUT2D eigenvalue weighted by Crippen LogP contribution is -2.13. The Morgan fingerprint density at radius 2 is 1.52 bits per heavy atom. The van der Waals surface area contributed by atoms with Gasteiger partial charge in [0.1, 0.15) is 0 Å². The maximum atomic E-state index is 12.4. The Bertz CT molecular complexity index is 755. The van der Waals surface area contributed by atoms with E-state index in [0.29, 0.717) is 28.4 Å². The predicted molar refractivity (Wildman–Crippen MR) is 97.5 cm³/mol. The molecule has 25 heavy (non-hydrogen) atoms. The van der Waals surface area contributed by atoms with Gasteiger partial charge >= 0.3 is 0 Å². The maximum Gasteiger partial charge on any atom is 0.255 e. The van der Waals surface area contributed by atoms with Crippen LogP contribution in [0.1, 0.15) is 31.1 Å². The van der Waals surface area contributed by atoms with Gasteiger partial charge in [0.2, 0.25) is 5.91 Å². The first kappa shape index (κ1) is 18.3. The predicted octanol–water partition coefficient (Wildman–Crippen LogP) is 3.69. The summed E-state index contributed by atoms with van der Waals surface area (Å²) < 4.78 is 10.9. The van der Waals surface area contributed by atoms with E-state index in [9.17, 15) is 9.59 Å². The van der Waals surface area contributed by atoms with Crippen LogP contribution in [0.15, 0.2) is 42.5 Å². The molecule has 0 radical (unpaired) electrons. The molecule has 0 aliphatic heterocycles. The molecule has 0 aliphatic carbocycles. The third-order valence-corrected chi connectivity index (χ3v) is 3.25. The van der Waals surface area contributed by atoms with Crippen molar-refractivity contribution in [1.82, 2.24) is 0 Å². The van der Waals surface area contributed by atoms with Gasteiger partial charge in [-0.25, -0.2) is 0 Å². The molecule has 0 atom stereocenters. The summed E-state index contributed by atoms with van der Waals surface area (Å²) in [5.41, 5.74) is 1.75. The Morgan fingerprint density at radius 3 is 2.04 bits per heavy atom. The van der Waals surface area contributed by atoms with Crippen LogP contribution < -0.4 is 20.1 Å². The molecular formula is C19H22N2O4. The van der Waals surface area contributed by atoms with Gasteiger partial charge in [-0.2, -0.15) is 0 Å². The topological polar surface area (TPSA) is 76.7 Å². The average molecular weight is 342 g/mol. The number of ether oxygens (including phenoxy) is 2. The van der Waals surface area contributed by atoms with Gasteiger partial charge in [0.05, 0.1) is 13.2 Å². The summed E-state index contributed by atoms with van der Waals surface area (Å²) in [7, 11) is 1.53. The third-order valence-electron chi connectivity index (χ3n) is 3.25. The number of nitrogens with one attached hydrogen (secondary N) is 2. The molecule has 0 aliphatic rings. The summed E-state index contributed by atoms with van der Waals surface area (Å²) in [4.78, 5) is 23.4. The minimum atomic E-state index is -0.262. The van der Waals surface area contributed by atoms with Crippen LogP contribution in [0, 0.1) is 0 Å². The van der Waals surface area contributed by atoms with Crippen LogP contribution >= 0.6 is 0 Å². The summed E-state index contributed by atoms with van der Waals surface area (Å²) in [5, 5.41) is 5.47. The van der Waals surface area contributed by atoms with Crippen LogP contribution in [0.5, 0.6) is 11.5 Å². The number of rotatable bonds is 6. The van der Waals surface area contributed by atoms with Crippen molar-refractivity contribution < 1.29 is 19.1 Å². The number of carbonyl (C=O) groups is 2. The van der Waals surface area contributed by atoms with Crippen molar-refractivity contribution in [1.29, 1.82) is 0 Å². The lowest BCUT2D eigenvalue weighted by Gasteiger charge is -2.14. The van der Waals surface area contributed by atoms with Crippen molar-refractivity contribution in [3.8, 4) is 11.5 Å². The van der Waals surface area contributed by atoms with Crippen molar-refractivity contribution in [3.63, 3.8) is 0 Å². The van der Waals surface area contributed by atoms with Gasteiger partial charge in [-0.05, 0) is 56.3 Å². The van der Waals surface area contributed by atoms with E-state index in [4.69, 9.17) is 9.47 Å². The second kappa shape index (κ2) is 8.19. The lowest BCUT2D eigenvalue weighted by atomic mass is 10.1. The van der Waals surface area contributed by atoms with E-state index in [-0.39, 0.29) is 17.9 Å². The van der Waals surface area contributed by atoms with Crippen LogP contribution in [0.2, 0.25) is 0 Å². The third kappa shape index (κ3) is 5.24. The van der Waals surface area contributed by atoms with Gasteiger partial charge < -0.3 is 20.1 Å². The van der Waals surface area contributed by atoms with Gasteiger partial charge in [0.15, 0.2) is 11.5 Å². The molecule has 0 fully saturated rings. The number of benzene rings is 2. The molecule has 132 valence electrons. The van der Waals surface area contributed by atoms with Gasteiger partial charge in [-0.3, -0.25) is 9.59 Å². The Hall–Kier alpha value is -3.02. The molecule has 2 amide bonds. The number of methoxy groups -OCH3 is 1. The molecule has 0 spiro atoms. The number of hydrogen-bond donors (Lipinski definition) is 2. The van der Waals surface area contributed by atoms with E-state index >= 15 is 0 Å². The summed E-state index contributed by atoms with van der Waals surface area (Å²) in [6.45, 7) is 5.28. The number of hydrogen-bond acceptors (Lipinski definition) is 4. The molecule has 0 heterocycles. The van der Waals surface area contributed by atoms with Crippen molar-refractivity contribution in [2.24, 2.45) is 0 Å². The summed E-state index contributed by atoms with van der Waals surface area (Å²) >= 11 is 0.